The van der Waals surface area contributed by atoms with Gasteiger partial charge in [0.15, 0.2) is 0 Å². The minimum absolute atomic E-state index is 0.177. The van der Waals surface area contributed by atoms with Crippen LogP contribution in [0.4, 0.5) is 0 Å². The van der Waals surface area contributed by atoms with Crippen LogP contribution < -0.4 is 4.72 Å². The zero-order valence-electron chi connectivity index (χ0n) is 16.1. The van der Waals surface area contributed by atoms with E-state index in [1.165, 1.54) is 0 Å². The van der Waals surface area contributed by atoms with E-state index in [9.17, 15) is 13.2 Å². The van der Waals surface area contributed by atoms with Crippen LogP contribution in [-0.4, -0.2) is 51.6 Å². The van der Waals surface area contributed by atoms with E-state index in [-0.39, 0.29) is 16.7 Å². The van der Waals surface area contributed by atoms with E-state index in [1.807, 2.05) is 26.0 Å². The largest absolute Gasteiger partial charge is 0.378 e. The van der Waals surface area contributed by atoms with Crippen LogP contribution in [0.5, 0.6) is 0 Å². The van der Waals surface area contributed by atoms with Crippen LogP contribution in [0.2, 0.25) is 0 Å². The summed E-state index contributed by atoms with van der Waals surface area (Å²) in [5, 5.41) is 0. The number of carbonyl (C=O) groups excluding carboxylic acids is 1. The first-order valence-corrected chi connectivity index (χ1v) is 10.7. The molecule has 1 fully saturated rings. The molecule has 1 saturated heterocycles. The molecule has 0 spiro atoms. The third kappa shape index (κ3) is 5.53. The Balaban J connectivity index is 2.18. The second-order valence-electron chi connectivity index (χ2n) is 7.46. The molecule has 1 amide bonds. The van der Waals surface area contributed by atoms with Gasteiger partial charge in [0.2, 0.25) is 15.9 Å². The van der Waals surface area contributed by atoms with E-state index in [4.69, 9.17) is 4.74 Å². The van der Waals surface area contributed by atoms with Crippen molar-refractivity contribution in [1.82, 2.24) is 9.62 Å². The van der Waals surface area contributed by atoms with Gasteiger partial charge in [0.1, 0.15) is 6.04 Å². The van der Waals surface area contributed by atoms with Gasteiger partial charge in [-0.15, -0.1) is 0 Å². The summed E-state index contributed by atoms with van der Waals surface area (Å²) in [7, 11) is -3.76. The molecule has 26 heavy (non-hydrogen) atoms. The molecule has 1 aliphatic heterocycles. The first-order valence-electron chi connectivity index (χ1n) is 9.19. The number of sulfonamides is 1. The van der Waals surface area contributed by atoms with Gasteiger partial charge in [-0.2, -0.15) is 4.72 Å². The van der Waals surface area contributed by atoms with Crippen molar-refractivity contribution in [1.29, 1.82) is 0 Å². The molecule has 0 radical (unpaired) electrons. The van der Waals surface area contributed by atoms with Gasteiger partial charge in [-0.25, -0.2) is 8.42 Å². The lowest BCUT2D eigenvalue weighted by molar-refractivity contribution is -0.137. The molecular formula is C19H30N2O4S. The number of nitrogens with zero attached hydrogens (tertiary/aromatic N) is 1. The lowest BCUT2D eigenvalue weighted by atomic mass is 10.0. The third-order valence-corrected chi connectivity index (χ3v) is 5.97. The molecule has 1 N–H and O–H groups in total. The van der Waals surface area contributed by atoms with Crippen LogP contribution in [0, 0.1) is 5.92 Å². The van der Waals surface area contributed by atoms with Gasteiger partial charge >= 0.3 is 0 Å². The van der Waals surface area contributed by atoms with Crippen LogP contribution in [0.15, 0.2) is 29.2 Å². The van der Waals surface area contributed by atoms with Gasteiger partial charge in [0.25, 0.3) is 0 Å². The zero-order valence-corrected chi connectivity index (χ0v) is 16.9. The first kappa shape index (κ1) is 20.9. The number of morpholine rings is 1. The van der Waals surface area contributed by atoms with E-state index in [0.29, 0.717) is 38.6 Å². The maximum atomic E-state index is 12.8. The fraction of sp³-hybridized carbons (Fsp3) is 0.632. The van der Waals surface area contributed by atoms with Crippen molar-refractivity contribution in [2.24, 2.45) is 5.92 Å². The summed E-state index contributed by atoms with van der Waals surface area (Å²) < 4.78 is 33.5. The van der Waals surface area contributed by atoms with Crippen LogP contribution in [0.1, 0.15) is 45.6 Å². The second kappa shape index (κ2) is 8.97. The minimum Gasteiger partial charge on any atom is -0.378 e. The molecule has 2 rings (SSSR count). The summed E-state index contributed by atoms with van der Waals surface area (Å²) in [5.41, 5.74) is 1.08. The molecule has 0 aromatic heterocycles. The standard InChI is InChI=1S/C19H30N2O4S/c1-14(2)13-18(19(22)21-9-11-25-12-10-21)20-26(23,24)17-7-5-16(6-8-17)15(3)4/h5-8,14-15,18,20H,9-13H2,1-4H3/t18-/m1/s1. The number of rotatable bonds is 7. The highest BCUT2D eigenvalue weighted by Crippen LogP contribution is 2.19. The highest BCUT2D eigenvalue weighted by molar-refractivity contribution is 7.89. The van der Waals surface area contributed by atoms with Crippen molar-refractivity contribution in [3.8, 4) is 0 Å². The van der Waals surface area contributed by atoms with Crippen molar-refractivity contribution < 1.29 is 17.9 Å². The molecule has 146 valence electrons. The van der Waals surface area contributed by atoms with Gasteiger partial charge in [0, 0.05) is 13.1 Å². The van der Waals surface area contributed by atoms with E-state index in [0.717, 1.165) is 5.56 Å². The van der Waals surface area contributed by atoms with Gasteiger partial charge < -0.3 is 9.64 Å². The SMILES string of the molecule is CC(C)C[C@@H](NS(=O)(=O)c1ccc(C(C)C)cc1)C(=O)N1CCOCC1. The quantitative estimate of drug-likeness (QED) is 0.785. The average molecular weight is 383 g/mol. The molecule has 0 bridgehead atoms. The van der Waals surface area contributed by atoms with E-state index in [2.05, 4.69) is 18.6 Å². The summed E-state index contributed by atoms with van der Waals surface area (Å²) in [4.78, 5) is 14.7. The Morgan fingerprint density at radius 1 is 1.12 bits per heavy atom. The molecule has 6 nitrogen and oxygen atoms in total. The van der Waals surface area contributed by atoms with Crippen molar-refractivity contribution in [2.75, 3.05) is 26.3 Å². The Kier molecular flexibility index (Phi) is 7.20. The van der Waals surface area contributed by atoms with Crippen molar-refractivity contribution in [3.05, 3.63) is 29.8 Å². The molecule has 1 aliphatic rings. The minimum atomic E-state index is -3.76. The Bertz CT molecular complexity index is 693. The molecule has 0 unspecified atom stereocenters. The summed E-state index contributed by atoms with van der Waals surface area (Å²) in [6, 6.07) is 6.08. The lowest BCUT2D eigenvalue weighted by Crippen LogP contribution is -2.52. The van der Waals surface area contributed by atoms with Crippen LogP contribution in [0.3, 0.4) is 0 Å². The molecule has 1 atom stereocenters. The third-order valence-electron chi connectivity index (χ3n) is 4.48. The molecule has 1 aromatic carbocycles. The van der Waals surface area contributed by atoms with Crippen molar-refractivity contribution >= 4 is 15.9 Å². The highest BCUT2D eigenvalue weighted by atomic mass is 32.2. The number of hydrogen-bond acceptors (Lipinski definition) is 4. The molecule has 7 heteroatoms. The van der Waals surface area contributed by atoms with Gasteiger partial charge in [-0.1, -0.05) is 39.8 Å². The number of benzene rings is 1. The van der Waals surface area contributed by atoms with Gasteiger partial charge in [0.05, 0.1) is 18.1 Å². The average Bonchev–Trinajstić information content (AvgIpc) is 2.60. The molecule has 0 saturated carbocycles. The van der Waals surface area contributed by atoms with E-state index in [1.54, 1.807) is 17.0 Å². The topological polar surface area (TPSA) is 75.7 Å². The Morgan fingerprint density at radius 2 is 1.69 bits per heavy atom. The highest BCUT2D eigenvalue weighted by Gasteiger charge is 2.30. The molecule has 0 aliphatic carbocycles. The maximum absolute atomic E-state index is 12.8. The van der Waals surface area contributed by atoms with Crippen molar-refractivity contribution in [2.45, 2.75) is 51.0 Å². The van der Waals surface area contributed by atoms with Crippen LogP contribution in [-0.2, 0) is 19.6 Å². The fourth-order valence-corrected chi connectivity index (χ4v) is 4.16. The Labute approximate surface area is 157 Å². The monoisotopic (exact) mass is 382 g/mol. The first-order chi connectivity index (χ1) is 12.2. The predicted octanol–water partition coefficient (Wildman–Crippen LogP) is 2.36. The second-order valence-corrected chi connectivity index (χ2v) is 9.18. The molecular weight excluding hydrogens is 352 g/mol. The lowest BCUT2D eigenvalue weighted by Gasteiger charge is -2.31. The molecule has 1 heterocycles. The summed E-state index contributed by atoms with van der Waals surface area (Å²) in [5.74, 6) is 0.344. The van der Waals surface area contributed by atoms with E-state index >= 15 is 0 Å². The van der Waals surface area contributed by atoms with E-state index < -0.39 is 16.1 Å². The van der Waals surface area contributed by atoms with Gasteiger partial charge in [-0.05, 0) is 36.0 Å². The smallest absolute Gasteiger partial charge is 0.241 e. The number of ether oxygens (including phenoxy) is 1. The van der Waals surface area contributed by atoms with Crippen molar-refractivity contribution in [3.63, 3.8) is 0 Å². The fourth-order valence-electron chi connectivity index (χ4n) is 2.96. The number of amides is 1. The van der Waals surface area contributed by atoms with Crippen LogP contribution >= 0.6 is 0 Å². The Hall–Kier alpha value is -1.44. The molecule has 1 aromatic rings. The number of hydrogen-bond donors (Lipinski definition) is 1. The van der Waals surface area contributed by atoms with Gasteiger partial charge in [-0.3, -0.25) is 4.79 Å². The summed E-state index contributed by atoms with van der Waals surface area (Å²) >= 11 is 0. The number of carbonyl (C=O) groups is 1. The Morgan fingerprint density at radius 3 is 2.19 bits per heavy atom. The predicted molar refractivity (Wildman–Crippen MR) is 101 cm³/mol. The summed E-state index contributed by atoms with van der Waals surface area (Å²) in [6.45, 7) is 10.0. The van der Waals surface area contributed by atoms with Crippen LogP contribution in [0.25, 0.3) is 0 Å². The number of nitrogens with one attached hydrogen (secondary N) is 1. The normalized spacial score (nSPS) is 16.9. The summed E-state index contributed by atoms with van der Waals surface area (Å²) in [6.07, 6.45) is 0.458. The maximum Gasteiger partial charge on any atom is 0.241 e. The zero-order chi connectivity index (χ0) is 19.3.